The number of piperidine rings is 1. The number of carbonyl (C=O) groups excluding carboxylic acids is 1. The number of hydrogen-bond acceptors (Lipinski definition) is 5. The molecule has 2 aliphatic heterocycles. The second kappa shape index (κ2) is 6.04. The fraction of sp³-hybridized carbons (Fsp3) is 0.400. The summed E-state index contributed by atoms with van der Waals surface area (Å²) >= 11 is 0. The highest BCUT2D eigenvalue weighted by atomic mass is 16.2. The highest BCUT2D eigenvalue weighted by molar-refractivity contribution is 5.87. The molecule has 3 aromatic rings. The van der Waals surface area contributed by atoms with Gasteiger partial charge in [-0.3, -0.25) is 4.79 Å². The number of imidazole rings is 1. The number of aromatic nitrogens is 4. The molecule has 2 aromatic heterocycles. The number of H-pyrrole nitrogens is 1. The predicted octanol–water partition coefficient (Wildman–Crippen LogP) is 2.34. The first kappa shape index (κ1) is 16.2. The van der Waals surface area contributed by atoms with Gasteiger partial charge in [-0.25, -0.2) is 15.0 Å². The third-order valence-electron chi connectivity index (χ3n) is 6.32. The zero-order valence-corrected chi connectivity index (χ0v) is 15.3. The summed E-state index contributed by atoms with van der Waals surface area (Å²) in [5.74, 6) is 1.12. The van der Waals surface area contributed by atoms with Crippen LogP contribution < -0.4 is 4.90 Å². The molecule has 0 saturated carbocycles. The van der Waals surface area contributed by atoms with Gasteiger partial charge in [0, 0.05) is 25.7 Å². The fourth-order valence-corrected chi connectivity index (χ4v) is 4.68. The van der Waals surface area contributed by atoms with Crippen molar-refractivity contribution in [2.45, 2.75) is 30.7 Å². The largest absolute Gasteiger partial charge is 0.355 e. The van der Waals surface area contributed by atoms with Crippen LogP contribution >= 0.6 is 0 Å². The number of carbonyl (C=O) groups is 1. The summed E-state index contributed by atoms with van der Waals surface area (Å²) in [6, 6.07) is 10.2. The molecule has 7 nitrogen and oxygen atoms in total. The molecule has 7 heteroatoms. The van der Waals surface area contributed by atoms with Gasteiger partial charge in [0.2, 0.25) is 5.91 Å². The van der Waals surface area contributed by atoms with E-state index in [-0.39, 0.29) is 17.4 Å². The molecular weight excluding hydrogens is 340 g/mol. The molecule has 27 heavy (non-hydrogen) atoms. The molecule has 0 unspecified atom stereocenters. The standard InChI is InChI=1S/C20H22N6O/c1-25-19(27)15(14-5-3-2-4-6-14)11-20(25)7-9-26(10-8-20)18-16-17(22-12-21-16)23-13-24-18/h2-6,12-13,15H,7-11H2,1H3,(H,21,22,23,24)/t15-/m0/s1. The Hall–Kier alpha value is -2.96. The molecule has 1 N–H and O–H groups in total. The summed E-state index contributed by atoms with van der Waals surface area (Å²) in [5, 5.41) is 0. The number of likely N-dealkylation sites (N-methyl/N-ethyl adjacent to an activating group) is 1. The quantitative estimate of drug-likeness (QED) is 0.757. The highest BCUT2D eigenvalue weighted by Crippen LogP contribution is 2.45. The average molecular weight is 362 g/mol. The third-order valence-corrected chi connectivity index (χ3v) is 6.32. The van der Waals surface area contributed by atoms with E-state index in [9.17, 15) is 4.79 Å². The van der Waals surface area contributed by atoms with Crippen molar-refractivity contribution in [3.63, 3.8) is 0 Å². The van der Waals surface area contributed by atoms with Gasteiger partial charge in [-0.05, 0) is 24.8 Å². The molecule has 1 aromatic carbocycles. The topological polar surface area (TPSA) is 78.0 Å². The maximum atomic E-state index is 12.9. The van der Waals surface area contributed by atoms with Gasteiger partial charge in [-0.15, -0.1) is 0 Å². The van der Waals surface area contributed by atoms with Crippen LogP contribution in [0.4, 0.5) is 5.82 Å². The molecular formula is C20H22N6O. The number of aromatic amines is 1. The van der Waals surface area contributed by atoms with Gasteiger partial charge in [0.05, 0.1) is 12.2 Å². The van der Waals surface area contributed by atoms with Crippen molar-refractivity contribution in [1.82, 2.24) is 24.8 Å². The number of nitrogens with zero attached hydrogens (tertiary/aromatic N) is 5. The maximum absolute atomic E-state index is 12.9. The van der Waals surface area contributed by atoms with Crippen LogP contribution in [0.3, 0.4) is 0 Å². The van der Waals surface area contributed by atoms with E-state index in [4.69, 9.17) is 0 Å². The van der Waals surface area contributed by atoms with Crippen LogP contribution in [-0.2, 0) is 4.79 Å². The predicted molar refractivity (Wildman–Crippen MR) is 102 cm³/mol. The molecule has 2 fully saturated rings. The third kappa shape index (κ3) is 2.49. The molecule has 0 radical (unpaired) electrons. The maximum Gasteiger partial charge on any atom is 0.230 e. The Balaban J connectivity index is 1.38. The number of benzene rings is 1. The van der Waals surface area contributed by atoms with Crippen molar-refractivity contribution in [2.75, 3.05) is 25.0 Å². The van der Waals surface area contributed by atoms with Crippen LogP contribution in [0.5, 0.6) is 0 Å². The van der Waals surface area contributed by atoms with E-state index < -0.39 is 0 Å². The van der Waals surface area contributed by atoms with Crippen LogP contribution in [0.1, 0.15) is 30.7 Å². The molecule has 0 bridgehead atoms. The first-order valence-corrected chi connectivity index (χ1v) is 9.40. The van der Waals surface area contributed by atoms with Gasteiger partial charge in [0.1, 0.15) is 11.8 Å². The van der Waals surface area contributed by atoms with Crippen molar-refractivity contribution >= 4 is 22.9 Å². The Morgan fingerprint density at radius 2 is 1.89 bits per heavy atom. The van der Waals surface area contributed by atoms with E-state index >= 15 is 0 Å². The Morgan fingerprint density at radius 3 is 2.67 bits per heavy atom. The zero-order valence-electron chi connectivity index (χ0n) is 15.3. The van der Waals surface area contributed by atoms with E-state index in [1.54, 1.807) is 12.7 Å². The number of amides is 1. The summed E-state index contributed by atoms with van der Waals surface area (Å²) in [5.41, 5.74) is 2.64. The van der Waals surface area contributed by atoms with Gasteiger partial charge in [-0.1, -0.05) is 30.3 Å². The summed E-state index contributed by atoms with van der Waals surface area (Å²) in [4.78, 5) is 33.3. The lowest BCUT2D eigenvalue weighted by Crippen LogP contribution is -2.51. The monoisotopic (exact) mass is 362 g/mol. The van der Waals surface area contributed by atoms with E-state index in [0.29, 0.717) is 5.65 Å². The molecule has 5 rings (SSSR count). The summed E-state index contributed by atoms with van der Waals surface area (Å²) in [7, 11) is 1.97. The number of rotatable bonds is 2. The average Bonchev–Trinajstić information content (AvgIpc) is 3.29. The van der Waals surface area contributed by atoms with Crippen molar-refractivity contribution in [3.8, 4) is 0 Å². The summed E-state index contributed by atoms with van der Waals surface area (Å²) < 4.78 is 0. The van der Waals surface area contributed by atoms with Gasteiger partial charge in [0.25, 0.3) is 0 Å². The van der Waals surface area contributed by atoms with Crippen LogP contribution in [0, 0.1) is 0 Å². The van der Waals surface area contributed by atoms with Gasteiger partial charge >= 0.3 is 0 Å². The van der Waals surface area contributed by atoms with Gasteiger partial charge in [0.15, 0.2) is 11.5 Å². The van der Waals surface area contributed by atoms with Crippen LogP contribution in [0.2, 0.25) is 0 Å². The first-order valence-electron chi connectivity index (χ1n) is 9.40. The van der Waals surface area contributed by atoms with Crippen molar-refractivity contribution in [3.05, 3.63) is 48.5 Å². The molecule has 1 amide bonds. The van der Waals surface area contributed by atoms with Gasteiger partial charge < -0.3 is 14.8 Å². The lowest BCUT2D eigenvalue weighted by atomic mass is 9.81. The lowest BCUT2D eigenvalue weighted by molar-refractivity contribution is -0.131. The first-order chi connectivity index (χ1) is 13.2. The van der Waals surface area contributed by atoms with Crippen molar-refractivity contribution < 1.29 is 4.79 Å². The number of likely N-dealkylation sites (tertiary alicyclic amines) is 1. The molecule has 4 heterocycles. The van der Waals surface area contributed by atoms with Crippen molar-refractivity contribution in [1.29, 1.82) is 0 Å². The smallest absolute Gasteiger partial charge is 0.230 e. The second-order valence-corrected chi connectivity index (χ2v) is 7.57. The SMILES string of the molecule is CN1C(=O)[C@H](c2ccccc2)CC12CCN(c1ncnc3nc[nH]c13)CC2. The van der Waals surface area contributed by atoms with E-state index in [1.807, 2.05) is 30.1 Å². The Kier molecular flexibility index (Phi) is 3.63. The zero-order chi connectivity index (χ0) is 18.4. The minimum absolute atomic E-state index is 0.0267. The Labute approximate surface area is 157 Å². The molecule has 1 atom stereocenters. The fourth-order valence-electron chi connectivity index (χ4n) is 4.68. The molecule has 138 valence electrons. The second-order valence-electron chi connectivity index (χ2n) is 7.57. The number of anilines is 1. The molecule has 0 aliphatic carbocycles. The van der Waals surface area contributed by atoms with Crippen LogP contribution in [0.25, 0.3) is 11.2 Å². The van der Waals surface area contributed by atoms with E-state index in [2.05, 4.69) is 37.0 Å². The number of nitrogens with one attached hydrogen (secondary N) is 1. The summed E-state index contributed by atoms with van der Waals surface area (Å²) in [6.07, 6.45) is 6.00. The minimum atomic E-state index is -0.0613. The Bertz CT molecular complexity index is 976. The Morgan fingerprint density at radius 1 is 1.11 bits per heavy atom. The number of fused-ring (bicyclic) bond motifs is 1. The van der Waals surface area contributed by atoms with E-state index in [1.165, 1.54) is 0 Å². The van der Waals surface area contributed by atoms with Crippen LogP contribution in [-0.4, -0.2) is 56.4 Å². The van der Waals surface area contributed by atoms with E-state index in [0.717, 1.165) is 49.2 Å². The molecule has 1 spiro atoms. The molecule has 2 aliphatic rings. The number of hydrogen-bond donors (Lipinski definition) is 1. The lowest BCUT2D eigenvalue weighted by Gasteiger charge is -2.43. The highest BCUT2D eigenvalue weighted by Gasteiger charge is 2.50. The van der Waals surface area contributed by atoms with Crippen molar-refractivity contribution in [2.24, 2.45) is 0 Å². The summed E-state index contributed by atoms with van der Waals surface area (Å²) in [6.45, 7) is 1.73. The minimum Gasteiger partial charge on any atom is -0.355 e. The van der Waals surface area contributed by atoms with Gasteiger partial charge in [-0.2, -0.15) is 0 Å². The molecule has 2 saturated heterocycles. The van der Waals surface area contributed by atoms with Crippen LogP contribution in [0.15, 0.2) is 43.0 Å². The normalized spacial score (nSPS) is 22.1.